The molecule has 14 heteroatoms. The molecule has 0 unspecified atom stereocenters. The fourth-order valence-corrected chi connectivity index (χ4v) is 4.17. The molecule has 0 spiro atoms. The summed E-state index contributed by atoms with van der Waals surface area (Å²) in [5, 5.41) is 0. The quantitative estimate of drug-likeness (QED) is 0.137. The first kappa shape index (κ1) is 29.4. The summed E-state index contributed by atoms with van der Waals surface area (Å²) in [6.07, 6.45) is -8.00. The molecule has 0 radical (unpaired) electrons. The van der Waals surface area contributed by atoms with Crippen LogP contribution in [0, 0.1) is 0 Å². The number of nitrogens with two attached hydrogens (primary N) is 1. The highest BCUT2D eigenvalue weighted by molar-refractivity contribution is 7.46. The number of ether oxygens (including phenoxy) is 1. The van der Waals surface area contributed by atoms with Crippen LogP contribution >= 0.6 is 7.82 Å². The average Bonchev–Trinajstić information content (AvgIpc) is 3.39. The molecule has 0 bridgehead atoms. The summed E-state index contributed by atoms with van der Waals surface area (Å²) in [6, 6.07) is 16.4. The first-order chi connectivity index (χ1) is 18.6. The van der Waals surface area contributed by atoms with Crippen LogP contribution in [-0.4, -0.2) is 26.4 Å². The number of aromatic nitrogens is 2. The van der Waals surface area contributed by atoms with Crippen LogP contribution in [0.4, 0.5) is 22.0 Å². The van der Waals surface area contributed by atoms with Crippen LogP contribution in [0.1, 0.15) is 23.9 Å². The Kier molecular flexibility index (Phi) is 7.90. The number of phosphoric acid groups is 1. The maximum absolute atomic E-state index is 15.0. The Hall–Kier alpha value is -3.61. The zero-order valence-corrected chi connectivity index (χ0v) is 21.6. The van der Waals surface area contributed by atoms with Crippen molar-refractivity contribution in [2.24, 2.45) is 5.73 Å². The molecule has 3 aromatic carbocycles. The smallest absolute Gasteiger partial charge is 0.428 e. The summed E-state index contributed by atoms with van der Waals surface area (Å²) >= 11 is 0. The summed E-state index contributed by atoms with van der Waals surface area (Å²) in [6.45, 7) is 0.671. The third-order valence-corrected chi connectivity index (χ3v) is 6.28. The zero-order valence-electron chi connectivity index (χ0n) is 20.7. The molecular formula is C26H23F5N3O5P. The Labute approximate surface area is 224 Å². The number of H-pyrrole nitrogens is 1. The van der Waals surface area contributed by atoms with E-state index in [2.05, 4.69) is 19.2 Å². The number of nitrogens with zero attached hydrogens (tertiary/aromatic N) is 1. The zero-order chi connectivity index (χ0) is 29.3. The van der Waals surface area contributed by atoms with Gasteiger partial charge >= 0.3 is 20.1 Å². The van der Waals surface area contributed by atoms with Gasteiger partial charge in [-0.15, -0.1) is 0 Å². The lowest BCUT2D eigenvalue weighted by atomic mass is 10.0. The molecule has 4 rings (SSSR count). The lowest BCUT2D eigenvalue weighted by Gasteiger charge is -2.22. The maximum Gasteiger partial charge on any atom is 0.469 e. The van der Waals surface area contributed by atoms with E-state index in [0.29, 0.717) is 11.6 Å². The molecule has 40 heavy (non-hydrogen) atoms. The van der Waals surface area contributed by atoms with Crippen molar-refractivity contribution >= 4 is 7.82 Å². The molecule has 0 saturated carbocycles. The molecular weight excluding hydrogens is 560 g/mol. The monoisotopic (exact) mass is 583 g/mol. The minimum atomic E-state index is -5.05. The number of rotatable bonds is 9. The lowest BCUT2D eigenvalue weighted by molar-refractivity contribution is -0.191. The van der Waals surface area contributed by atoms with E-state index >= 15 is 0 Å². The number of imidazole rings is 1. The van der Waals surface area contributed by atoms with Crippen molar-refractivity contribution in [3.63, 3.8) is 0 Å². The van der Waals surface area contributed by atoms with Crippen LogP contribution in [0.25, 0.3) is 22.4 Å². The molecule has 0 amide bonds. The van der Waals surface area contributed by atoms with Crippen molar-refractivity contribution in [2.75, 3.05) is 6.61 Å². The van der Waals surface area contributed by atoms with Crippen LogP contribution < -0.4 is 10.5 Å². The second-order valence-corrected chi connectivity index (χ2v) is 10.3. The van der Waals surface area contributed by atoms with Gasteiger partial charge in [0.05, 0.1) is 35.2 Å². The normalized spacial score (nSPS) is 14.1. The van der Waals surface area contributed by atoms with Gasteiger partial charge in [-0.2, -0.15) is 22.0 Å². The van der Waals surface area contributed by atoms with E-state index < -0.39 is 49.1 Å². The van der Waals surface area contributed by atoms with Gasteiger partial charge in [0.15, 0.2) is 0 Å². The third kappa shape index (κ3) is 6.93. The maximum atomic E-state index is 15.0. The fourth-order valence-electron chi connectivity index (χ4n) is 3.74. The Morgan fingerprint density at radius 1 is 0.925 bits per heavy atom. The summed E-state index contributed by atoms with van der Waals surface area (Å²) in [4.78, 5) is 24.4. The van der Waals surface area contributed by atoms with E-state index in [0.717, 1.165) is 36.0 Å². The Morgan fingerprint density at radius 2 is 1.52 bits per heavy atom. The molecule has 0 saturated heterocycles. The Bertz CT molecular complexity index is 1520. The first-order valence-corrected chi connectivity index (χ1v) is 13.1. The van der Waals surface area contributed by atoms with E-state index in [1.165, 1.54) is 19.1 Å². The van der Waals surface area contributed by atoms with Crippen molar-refractivity contribution in [3.8, 4) is 28.1 Å². The second kappa shape index (κ2) is 10.8. The summed E-state index contributed by atoms with van der Waals surface area (Å²) in [7, 11) is -4.84. The van der Waals surface area contributed by atoms with Gasteiger partial charge in [-0.05, 0) is 48.4 Å². The Morgan fingerprint density at radius 3 is 2.12 bits per heavy atom. The summed E-state index contributed by atoms with van der Waals surface area (Å²) in [5.41, 5.74) is 3.71. The molecule has 1 aromatic heterocycles. The molecule has 5 N–H and O–H groups in total. The standard InChI is InChI=1S/C26H23F5N3O5P/c1-24(32,15-38-40(35,36)37)23-33-14-21(34-23)18-9-12-22(20(13-18)25(27,28)29)39-26(30,31)19-10-7-17(8-11-19)16-5-3-2-4-6-16/h2-14H,15,32H2,1H3,(H,33,34)(H2,35,36,37)/t24-/m0/s1. The van der Waals surface area contributed by atoms with Gasteiger partial charge < -0.3 is 25.2 Å². The molecule has 8 nitrogen and oxygen atoms in total. The minimum Gasteiger partial charge on any atom is -0.428 e. The molecule has 0 aliphatic heterocycles. The summed E-state index contributed by atoms with van der Waals surface area (Å²) < 4.78 is 91.7. The van der Waals surface area contributed by atoms with Gasteiger partial charge in [0, 0.05) is 5.56 Å². The first-order valence-electron chi connectivity index (χ1n) is 11.5. The summed E-state index contributed by atoms with van der Waals surface area (Å²) in [5.74, 6) is -1.14. The molecule has 0 fully saturated rings. The van der Waals surface area contributed by atoms with E-state index in [-0.39, 0.29) is 17.1 Å². The van der Waals surface area contributed by atoms with E-state index in [4.69, 9.17) is 15.5 Å². The molecule has 1 heterocycles. The molecule has 4 aromatic rings. The number of phosphoric ester groups is 1. The van der Waals surface area contributed by atoms with Crippen molar-refractivity contribution in [1.29, 1.82) is 0 Å². The highest BCUT2D eigenvalue weighted by atomic mass is 31.2. The van der Waals surface area contributed by atoms with Crippen LogP contribution in [0.5, 0.6) is 5.75 Å². The van der Waals surface area contributed by atoms with Crippen LogP contribution in [0.2, 0.25) is 0 Å². The second-order valence-electron chi connectivity index (χ2n) is 9.10. The van der Waals surface area contributed by atoms with Gasteiger partial charge in [-0.25, -0.2) is 9.55 Å². The number of nitrogens with one attached hydrogen (secondary N) is 1. The van der Waals surface area contributed by atoms with Gasteiger partial charge in [0.1, 0.15) is 11.6 Å². The van der Waals surface area contributed by atoms with Gasteiger partial charge in [-0.3, -0.25) is 4.52 Å². The van der Waals surface area contributed by atoms with Crippen LogP contribution in [-0.2, 0) is 26.9 Å². The van der Waals surface area contributed by atoms with Crippen LogP contribution in [0.15, 0.2) is 79.0 Å². The van der Waals surface area contributed by atoms with E-state index in [1.54, 1.807) is 30.3 Å². The highest BCUT2D eigenvalue weighted by Gasteiger charge is 2.40. The number of hydrogen-bond donors (Lipinski definition) is 4. The predicted molar refractivity (Wildman–Crippen MR) is 135 cm³/mol. The van der Waals surface area contributed by atoms with Gasteiger partial charge in [0.25, 0.3) is 0 Å². The third-order valence-electron chi connectivity index (χ3n) is 5.81. The van der Waals surface area contributed by atoms with Crippen molar-refractivity contribution in [3.05, 3.63) is 95.9 Å². The lowest BCUT2D eigenvalue weighted by Crippen LogP contribution is -2.39. The largest absolute Gasteiger partial charge is 0.469 e. The topological polar surface area (TPSA) is 131 Å². The van der Waals surface area contributed by atoms with Crippen molar-refractivity contribution in [2.45, 2.75) is 24.7 Å². The minimum absolute atomic E-state index is 0.0307. The fraction of sp³-hybridized carbons (Fsp3) is 0.192. The molecule has 212 valence electrons. The number of aromatic amines is 1. The van der Waals surface area contributed by atoms with Gasteiger partial charge in [0.2, 0.25) is 0 Å². The van der Waals surface area contributed by atoms with E-state index in [1.807, 2.05) is 0 Å². The van der Waals surface area contributed by atoms with E-state index in [9.17, 15) is 26.5 Å². The van der Waals surface area contributed by atoms with Crippen molar-refractivity contribution < 1.29 is 45.6 Å². The van der Waals surface area contributed by atoms with Gasteiger partial charge in [-0.1, -0.05) is 42.5 Å². The predicted octanol–water partition coefficient (Wildman–Crippen LogP) is 6.17. The highest BCUT2D eigenvalue weighted by Crippen LogP contribution is 2.43. The number of benzene rings is 3. The number of hydrogen-bond acceptors (Lipinski definition) is 5. The molecule has 1 atom stereocenters. The molecule has 0 aliphatic rings. The SMILES string of the molecule is C[C@](N)(COP(=O)(O)O)c1ncc(-c2ccc(OC(F)(F)c3ccc(-c4ccccc4)cc3)c(C(F)(F)F)c2)[nH]1. The Balaban J connectivity index is 1.60. The molecule has 0 aliphatic carbocycles. The average molecular weight is 583 g/mol. The van der Waals surface area contributed by atoms with Crippen LogP contribution in [0.3, 0.4) is 0 Å². The van der Waals surface area contributed by atoms with Crippen molar-refractivity contribution in [1.82, 2.24) is 9.97 Å². The number of alkyl halides is 5. The number of halogens is 5.